The Hall–Kier alpha value is -3.57. The number of benzene rings is 2. The van der Waals surface area contributed by atoms with Crippen LogP contribution in [0.1, 0.15) is 83.0 Å². The Bertz CT molecular complexity index is 1510. The van der Waals surface area contributed by atoms with Crippen LogP contribution in [-0.2, 0) is 36.8 Å². The van der Waals surface area contributed by atoms with E-state index in [0.29, 0.717) is 63.1 Å². The van der Waals surface area contributed by atoms with Gasteiger partial charge in [-0.2, -0.15) is 0 Å². The highest BCUT2D eigenvalue weighted by atomic mass is 19.1. The van der Waals surface area contributed by atoms with Gasteiger partial charge in [-0.15, -0.1) is 0 Å². The molecule has 4 rings (SSSR count). The molecule has 1 atom stereocenters. The van der Waals surface area contributed by atoms with Crippen molar-refractivity contribution in [3.8, 4) is 16.9 Å². The number of carboxylic acids is 1. The topological polar surface area (TPSA) is 99.6 Å². The number of hydrogen-bond donors (Lipinski definition) is 1. The summed E-state index contributed by atoms with van der Waals surface area (Å²) < 4.78 is 42.7. The van der Waals surface area contributed by atoms with Crippen molar-refractivity contribution in [1.82, 2.24) is 4.98 Å². The van der Waals surface area contributed by atoms with Crippen molar-refractivity contribution in [3.63, 3.8) is 0 Å². The Morgan fingerprint density at radius 3 is 2.16 bits per heavy atom. The first-order valence-electron chi connectivity index (χ1n) is 17.7. The number of ether oxygens (including phenoxy) is 5. The molecule has 0 radical (unpaired) electrons. The highest BCUT2D eigenvalue weighted by Gasteiger charge is 2.37. The van der Waals surface area contributed by atoms with Crippen molar-refractivity contribution in [2.45, 2.75) is 86.0 Å². The second-order valence-electron chi connectivity index (χ2n) is 14.5. The van der Waals surface area contributed by atoms with Crippen LogP contribution in [0.15, 0.2) is 48.5 Å². The number of anilines is 1. The second-order valence-corrected chi connectivity index (χ2v) is 14.5. The van der Waals surface area contributed by atoms with Crippen LogP contribution in [0.2, 0.25) is 0 Å². The molecule has 1 aromatic heterocycles. The van der Waals surface area contributed by atoms with Gasteiger partial charge in [0.2, 0.25) is 0 Å². The van der Waals surface area contributed by atoms with Gasteiger partial charge in [0.05, 0.1) is 56.6 Å². The number of nitrogens with zero attached hydrogens (tertiary/aromatic N) is 2. The predicted molar refractivity (Wildman–Crippen MR) is 193 cm³/mol. The van der Waals surface area contributed by atoms with Gasteiger partial charge in [-0.1, -0.05) is 38.1 Å². The Balaban J connectivity index is 1.71. The number of aliphatic carboxylic acids is 1. The second kappa shape index (κ2) is 18.1. The van der Waals surface area contributed by atoms with Crippen LogP contribution >= 0.6 is 0 Å². The third kappa shape index (κ3) is 11.5. The molecular weight excluding hydrogens is 639 g/mol. The number of pyridine rings is 1. The normalized spacial score (nSPS) is 15.2. The van der Waals surface area contributed by atoms with Gasteiger partial charge in [0.15, 0.2) is 6.10 Å². The van der Waals surface area contributed by atoms with Gasteiger partial charge in [-0.3, -0.25) is 4.98 Å². The SMILES string of the molecule is CCOCCOCCOCc1nc(C)c(-c2ccc(OCCc3ccc(F)cc3)cc2)c(N2CCC(C)(C)CC2)c1C(OC(C)(C)C)C(=O)O. The first-order chi connectivity index (χ1) is 23.8. The molecule has 0 saturated carbocycles. The number of aromatic nitrogens is 1. The molecule has 1 fully saturated rings. The van der Waals surface area contributed by atoms with E-state index in [2.05, 4.69) is 18.7 Å². The summed E-state index contributed by atoms with van der Waals surface area (Å²) in [5, 5.41) is 10.7. The van der Waals surface area contributed by atoms with Crippen LogP contribution in [0, 0.1) is 18.2 Å². The van der Waals surface area contributed by atoms with Crippen molar-refractivity contribution in [2.75, 3.05) is 57.6 Å². The molecule has 1 unspecified atom stereocenters. The number of hydrogen-bond acceptors (Lipinski definition) is 8. The number of carbonyl (C=O) groups is 1. The van der Waals surface area contributed by atoms with Crippen molar-refractivity contribution in [2.24, 2.45) is 5.41 Å². The molecule has 0 aliphatic carbocycles. The van der Waals surface area contributed by atoms with Crippen LogP contribution in [0.25, 0.3) is 11.1 Å². The summed E-state index contributed by atoms with van der Waals surface area (Å²) in [5.41, 5.74) is 4.84. The number of halogens is 1. The van der Waals surface area contributed by atoms with Gasteiger partial charge < -0.3 is 33.7 Å². The molecule has 2 heterocycles. The summed E-state index contributed by atoms with van der Waals surface area (Å²) in [6.07, 6.45) is 1.28. The molecule has 0 amide bonds. The lowest BCUT2D eigenvalue weighted by molar-refractivity contribution is -0.160. The minimum Gasteiger partial charge on any atom is -0.493 e. The summed E-state index contributed by atoms with van der Waals surface area (Å²) in [6.45, 7) is 18.4. The van der Waals surface area contributed by atoms with Gasteiger partial charge in [0, 0.05) is 42.9 Å². The van der Waals surface area contributed by atoms with E-state index >= 15 is 0 Å². The molecule has 1 saturated heterocycles. The van der Waals surface area contributed by atoms with Crippen molar-refractivity contribution in [1.29, 1.82) is 0 Å². The summed E-state index contributed by atoms with van der Waals surface area (Å²) in [5.74, 6) is -0.638. The highest BCUT2D eigenvalue weighted by molar-refractivity contribution is 5.88. The molecule has 1 aliphatic rings. The van der Waals surface area contributed by atoms with E-state index in [1.807, 2.05) is 58.9 Å². The largest absolute Gasteiger partial charge is 0.493 e. The first-order valence-corrected chi connectivity index (χ1v) is 17.7. The van der Waals surface area contributed by atoms with E-state index in [1.165, 1.54) is 12.1 Å². The fraction of sp³-hybridized carbons (Fsp3) is 0.550. The minimum absolute atomic E-state index is 0.107. The highest BCUT2D eigenvalue weighted by Crippen LogP contribution is 2.45. The van der Waals surface area contributed by atoms with Gasteiger partial charge in [0.25, 0.3) is 0 Å². The molecule has 0 bridgehead atoms. The molecule has 2 aromatic carbocycles. The smallest absolute Gasteiger partial charge is 0.337 e. The number of piperidine rings is 1. The first kappa shape index (κ1) is 39.2. The molecule has 3 aromatic rings. The van der Waals surface area contributed by atoms with Gasteiger partial charge in [0.1, 0.15) is 11.6 Å². The maximum absolute atomic E-state index is 13.3. The van der Waals surface area contributed by atoms with Crippen LogP contribution in [0.5, 0.6) is 5.75 Å². The molecule has 1 N–H and O–H groups in total. The summed E-state index contributed by atoms with van der Waals surface area (Å²) in [4.78, 5) is 20.4. The van der Waals surface area contributed by atoms with E-state index in [9.17, 15) is 14.3 Å². The minimum atomic E-state index is -1.28. The predicted octanol–water partition coefficient (Wildman–Crippen LogP) is 7.95. The van der Waals surface area contributed by atoms with Gasteiger partial charge in [-0.25, -0.2) is 9.18 Å². The zero-order valence-corrected chi connectivity index (χ0v) is 30.9. The van der Waals surface area contributed by atoms with E-state index < -0.39 is 17.7 Å². The lowest BCUT2D eigenvalue weighted by Crippen LogP contribution is -2.39. The zero-order chi connectivity index (χ0) is 36.3. The fourth-order valence-corrected chi connectivity index (χ4v) is 6.05. The van der Waals surface area contributed by atoms with E-state index in [1.54, 1.807) is 12.1 Å². The maximum Gasteiger partial charge on any atom is 0.337 e. The molecule has 10 heteroatoms. The standard InChI is InChI=1S/C40H55FN2O7/c1-8-46-23-24-47-25-26-48-27-33-35(37(38(44)45)50-39(3,4)5)36(43-20-18-40(6,7)19-21-43)34(28(2)42-33)30-11-15-32(16-12-30)49-22-17-29-9-13-31(41)14-10-29/h9-16,37H,8,17-27H2,1-7H3,(H,44,45). The van der Waals surface area contributed by atoms with Crippen LogP contribution in [0.3, 0.4) is 0 Å². The van der Waals surface area contributed by atoms with E-state index in [4.69, 9.17) is 28.7 Å². The average molecular weight is 695 g/mol. The quantitative estimate of drug-likeness (QED) is 0.133. The molecular formula is C40H55FN2O7. The summed E-state index contributed by atoms with van der Waals surface area (Å²) >= 11 is 0. The van der Waals surface area contributed by atoms with Gasteiger partial charge >= 0.3 is 5.97 Å². The van der Waals surface area contributed by atoms with Crippen LogP contribution in [0.4, 0.5) is 10.1 Å². The third-order valence-electron chi connectivity index (χ3n) is 8.76. The maximum atomic E-state index is 13.3. The Morgan fingerprint density at radius 1 is 0.940 bits per heavy atom. The summed E-state index contributed by atoms with van der Waals surface area (Å²) in [6, 6.07) is 14.3. The van der Waals surface area contributed by atoms with Crippen LogP contribution in [-0.4, -0.2) is 74.4 Å². The zero-order valence-electron chi connectivity index (χ0n) is 30.9. The summed E-state index contributed by atoms with van der Waals surface area (Å²) in [7, 11) is 0. The number of carboxylic acid groups (broad SMARTS) is 1. The Labute approximate surface area is 297 Å². The van der Waals surface area contributed by atoms with Crippen molar-refractivity contribution >= 4 is 11.7 Å². The van der Waals surface area contributed by atoms with Crippen LogP contribution < -0.4 is 9.64 Å². The Morgan fingerprint density at radius 2 is 1.56 bits per heavy atom. The number of aryl methyl sites for hydroxylation is 1. The van der Waals surface area contributed by atoms with Gasteiger partial charge in [-0.05, 0) is 88.3 Å². The molecule has 0 spiro atoms. The Kier molecular flexibility index (Phi) is 14.2. The van der Waals surface area contributed by atoms with E-state index in [-0.39, 0.29) is 17.8 Å². The lowest BCUT2D eigenvalue weighted by Gasteiger charge is -2.41. The lowest BCUT2D eigenvalue weighted by atomic mass is 9.81. The van der Waals surface area contributed by atoms with E-state index in [0.717, 1.165) is 54.0 Å². The van der Waals surface area contributed by atoms with Crippen molar-refractivity contribution < 1.29 is 38.0 Å². The third-order valence-corrected chi connectivity index (χ3v) is 8.76. The fourth-order valence-electron chi connectivity index (χ4n) is 6.05. The molecule has 1 aliphatic heterocycles. The average Bonchev–Trinajstić information content (AvgIpc) is 3.06. The monoisotopic (exact) mass is 694 g/mol. The molecule has 274 valence electrons. The molecule has 9 nitrogen and oxygen atoms in total. The number of rotatable bonds is 18. The van der Waals surface area contributed by atoms with Crippen molar-refractivity contribution in [3.05, 3.63) is 76.9 Å². The molecule has 50 heavy (non-hydrogen) atoms.